The van der Waals surface area contributed by atoms with Gasteiger partial charge >= 0.3 is 128 Å². The number of hydrogen-bond acceptors (Lipinski definition) is 3. The van der Waals surface area contributed by atoms with E-state index in [4.69, 9.17) is 0 Å². The number of benzene rings is 2. The van der Waals surface area contributed by atoms with Gasteiger partial charge in [0, 0.05) is 0 Å². The van der Waals surface area contributed by atoms with Gasteiger partial charge in [-0.1, -0.05) is 0 Å². The van der Waals surface area contributed by atoms with Gasteiger partial charge in [-0.2, -0.15) is 0 Å². The molecule has 0 radical (unpaired) electrons. The molecule has 100 valence electrons. The van der Waals surface area contributed by atoms with Crippen molar-refractivity contribution in [3.8, 4) is 0 Å². The van der Waals surface area contributed by atoms with Crippen LogP contribution in [0.15, 0.2) is 48.8 Å². The summed E-state index contributed by atoms with van der Waals surface area (Å²) in [6.45, 7) is 0. The molecule has 0 aromatic heterocycles. The number of nitrogens with zero attached hydrogens (tertiary/aromatic N) is 2. The van der Waals surface area contributed by atoms with E-state index in [1.165, 1.54) is 12.1 Å². The molecule has 0 unspecified atom stereocenters. The van der Waals surface area contributed by atoms with Gasteiger partial charge in [0.2, 0.25) is 0 Å². The second kappa shape index (κ2) is 5.44. The van der Waals surface area contributed by atoms with Crippen LogP contribution in [0.1, 0.15) is 10.4 Å². The van der Waals surface area contributed by atoms with Gasteiger partial charge in [0.25, 0.3) is 0 Å². The van der Waals surface area contributed by atoms with E-state index in [0.29, 0.717) is 15.8 Å². The summed E-state index contributed by atoms with van der Waals surface area (Å²) in [7, 11) is 0. The van der Waals surface area contributed by atoms with E-state index in [1.54, 1.807) is 18.2 Å². The van der Waals surface area contributed by atoms with Gasteiger partial charge in [-0.15, -0.1) is 0 Å². The van der Waals surface area contributed by atoms with Gasteiger partial charge < -0.3 is 0 Å². The van der Waals surface area contributed by atoms with Gasteiger partial charge in [-0.3, -0.25) is 0 Å². The molecule has 1 aliphatic rings. The maximum atomic E-state index is 13.7. The van der Waals surface area contributed by atoms with Crippen LogP contribution in [0.25, 0.3) is 0 Å². The summed E-state index contributed by atoms with van der Waals surface area (Å²) < 4.78 is 22.7. The molecule has 1 heterocycles. The molecule has 2 aromatic carbocycles. The Morgan fingerprint density at radius 1 is 1.20 bits per heavy atom. The first-order valence-electron chi connectivity index (χ1n) is 5.63. The van der Waals surface area contributed by atoms with Crippen LogP contribution in [0.4, 0.5) is 21.5 Å². The second-order valence-electron chi connectivity index (χ2n) is 3.99. The van der Waals surface area contributed by atoms with Crippen molar-refractivity contribution >= 4 is 53.5 Å². The third-order valence-corrected chi connectivity index (χ3v) is 4.52. The van der Waals surface area contributed by atoms with E-state index in [2.05, 4.69) is 29.2 Å². The number of hydrogen-bond donors (Lipinski definition) is 1. The predicted octanol–water partition coefficient (Wildman–Crippen LogP) is 4.19. The number of carbonyl (C=O) groups is 1. The summed E-state index contributed by atoms with van der Waals surface area (Å²) in [4.78, 5) is 12.2. The van der Waals surface area contributed by atoms with Crippen LogP contribution in [-0.4, -0.2) is 20.5 Å². The molecular weight excluding hydrogens is 392 g/mol. The fourth-order valence-electron chi connectivity index (χ4n) is 1.81. The molecule has 20 heavy (non-hydrogen) atoms. The van der Waals surface area contributed by atoms with Crippen LogP contribution in [0.3, 0.4) is 0 Å². The number of fused-ring (bicyclic) bond motifs is 1. The monoisotopic (exact) mass is 399 g/mol. The third-order valence-electron chi connectivity index (χ3n) is 2.72. The van der Waals surface area contributed by atoms with Crippen molar-refractivity contribution in [1.29, 1.82) is 0 Å². The Bertz CT molecular complexity index is 767. The molecule has 0 bridgehead atoms. The molecule has 0 atom stereocenters. The number of halogens is 2. The molecule has 0 spiro atoms. The van der Waals surface area contributed by atoms with Crippen molar-refractivity contribution in [2.45, 2.75) is 0 Å². The van der Waals surface area contributed by atoms with E-state index >= 15 is 0 Å². The zero-order valence-corrected chi connectivity index (χ0v) is 13.2. The molecule has 4 nitrogen and oxygen atoms in total. The number of rotatable bonds is 2. The van der Waals surface area contributed by atoms with Crippen molar-refractivity contribution in [2.24, 2.45) is 7.92 Å². The molecule has 1 N–H and O–H groups in total. The first-order chi connectivity index (χ1) is 9.66. The van der Waals surface area contributed by atoms with Crippen molar-refractivity contribution in [2.75, 3.05) is 5.32 Å². The van der Waals surface area contributed by atoms with Gasteiger partial charge in [0.1, 0.15) is 0 Å². The van der Waals surface area contributed by atoms with Crippen LogP contribution >= 0.6 is 15.9 Å². The summed E-state index contributed by atoms with van der Waals surface area (Å²) in [5, 5.41) is 2.69. The Hall–Kier alpha value is -1.56. The SMILES string of the molecule is O=C(Nc1cccc2c1N=[Se]=N2)c1c(F)cccc1Br. The topological polar surface area (TPSA) is 53.8 Å². The van der Waals surface area contributed by atoms with Crippen molar-refractivity contribution in [1.82, 2.24) is 0 Å². The number of amides is 1. The normalized spacial score (nSPS) is 11.9. The molecular formula is C13H7BrFN3OSe. The third kappa shape index (κ3) is 2.40. The van der Waals surface area contributed by atoms with E-state index < -0.39 is 11.7 Å². The zero-order valence-electron chi connectivity index (χ0n) is 9.93. The Balaban J connectivity index is 1.95. The van der Waals surface area contributed by atoms with Gasteiger partial charge in [-0.05, 0) is 0 Å². The predicted molar refractivity (Wildman–Crippen MR) is 78.4 cm³/mol. The van der Waals surface area contributed by atoms with E-state index in [1.807, 2.05) is 6.07 Å². The summed E-state index contributed by atoms with van der Waals surface area (Å²) in [6.07, 6.45) is 0. The van der Waals surface area contributed by atoms with Crippen molar-refractivity contribution in [3.05, 3.63) is 52.3 Å². The molecule has 1 amide bonds. The molecule has 7 heteroatoms. The number of anilines is 1. The van der Waals surface area contributed by atoms with E-state index in [0.717, 1.165) is 5.69 Å². The van der Waals surface area contributed by atoms with Crippen molar-refractivity contribution < 1.29 is 9.18 Å². The Labute approximate surface area is 128 Å². The van der Waals surface area contributed by atoms with E-state index in [9.17, 15) is 9.18 Å². The van der Waals surface area contributed by atoms with Crippen LogP contribution in [0.5, 0.6) is 0 Å². The fourth-order valence-corrected chi connectivity index (χ4v) is 3.48. The van der Waals surface area contributed by atoms with Crippen LogP contribution < -0.4 is 5.32 Å². The molecule has 3 rings (SSSR count). The maximum absolute atomic E-state index is 13.7. The molecule has 2 aromatic rings. The van der Waals surface area contributed by atoms with Crippen LogP contribution in [0, 0.1) is 5.82 Å². The molecule has 0 fully saturated rings. The minimum absolute atomic E-state index is 0.0226. The number of nitrogens with one attached hydrogen (secondary N) is 1. The average Bonchev–Trinajstić information content (AvgIpc) is 2.88. The van der Waals surface area contributed by atoms with E-state index in [-0.39, 0.29) is 20.1 Å². The van der Waals surface area contributed by atoms with Crippen LogP contribution in [0.2, 0.25) is 0 Å². The van der Waals surface area contributed by atoms with Gasteiger partial charge in [-0.25, -0.2) is 0 Å². The van der Waals surface area contributed by atoms with Gasteiger partial charge in [0.05, 0.1) is 0 Å². The molecule has 1 aliphatic heterocycles. The minimum atomic E-state index is -0.574. The first-order valence-corrected chi connectivity index (χ1v) is 7.96. The Kier molecular flexibility index (Phi) is 3.65. The summed E-state index contributed by atoms with van der Waals surface area (Å²) in [5.74, 6) is -1.09. The summed E-state index contributed by atoms with van der Waals surface area (Å²) >= 11 is 3.00. The molecule has 0 aliphatic carbocycles. The van der Waals surface area contributed by atoms with Crippen LogP contribution in [-0.2, 0) is 0 Å². The quantitative estimate of drug-likeness (QED) is 0.646. The zero-order chi connectivity index (χ0) is 14.1. The first kappa shape index (κ1) is 13.4. The summed E-state index contributed by atoms with van der Waals surface area (Å²) in [5.41, 5.74) is 1.94. The standard InChI is InChI=1S/C13H7BrFN3OSe/c14-7-3-1-4-8(15)11(7)13(19)16-9-5-2-6-10-12(9)18-20-17-10/h1-6H,(H,16,19). The van der Waals surface area contributed by atoms with Crippen molar-refractivity contribution in [3.63, 3.8) is 0 Å². The average molecular weight is 399 g/mol. The van der Waals surface area contributed by atoms with Gasteiger partial charge in [0.15, 0.2) is 0 Å². The Morgan fingerprint density at radius 3 is 2.80 bits per heavy atom. The number of carbonyl (C=O) groups excluding carboxylic acids is 1. The fraction of sp³-hybridized carbons (Fsp3) is 0. The second-order valence-corrected chi connectivity index (χ2v) is 5.95. The molecule has 0 saturated carbocycles. The Morgan fingerprint density at radius 2 is 2.00 bits per heavy atom. The summed E-state index contributed by atoms with van der Waals surface area (Å²) in [6, 6.07) is 9.75. The molecule has 0 saturated heterocycles.